The van der Waals surface area contributed by atoms with Gasteiger partial charge in [-0.05, 0) is 56.3 Å². The van der Waals surface area contributed by atoms with Gasteiger partial charge < -0.3 is 10.2 Å². The van der Waals surface area contributed by atoms with E-state index >= 15 is 0 Å². The maximum Gasteiger partial charge on any atom is 0.0635 e. The highest BCUT2D eigenvalue weighted by molar-refractivity contribution is 9.10. The standard InChI is InChI=1S/C15H27BrN4/c1-17-13-7-5-4-6-12(10-13)15-14(16)11-18-20(15)9-8-19(2)3/h11-13,17H,4-10H2,1-3H3. The van der Waals surface area contributed by atoms with Crippen LogP contribution in [0.15, 0.2) is 10.7 Å². The van der Waals surface area contributed by atoms with Crippen LogP contribution >= 0.6 is 15.9 Å². The Morgan fingerprint density at radius 1 is 1.40 bits per heavy atom. The molecule has 0 spiro atoms. The summed E-state index contributed by atoms with van der Waals surface area (Å²) in [6.45, 7) is 2.00. The average Bonchev–Trinajstić information content (AvgIpc) is 2.64. The van der Waals surface area contributed by atoms with Crippen LogP contribution in [0.4, 0.5) is 0 Å². The molecule has 2 unspecified atom stereocenters. The molecule has 5 heteroatoms. The van der Waals surface area contributed by atoms with Crippen LogP contribution in [0.3, 0.4) is 0 Å². The Morgan fingerprint density at radius 3 is 2.85 bits per heavy atom. The summed E-state index contributed by atoms with van der Waals surface area (Å²) >= 11 is 3.71. The van der Waals surface area contributed by atoms with Crippen molar-refractivity contribution in [3.05, 3.63) is 16.4 Å². The van der Waals surface area contributed by atoms with Gasteiger partial charge in [0.1, 0.15) is 0 Å². The molecule has 0 amide bonds. The van der Waals surface area contributed by atoms with Crippen LogP contribution in [0, 0.1) is 0 Å². The summed E-state index contributed by atoms with van der Waals surface area (Å²) in [5.41, 5.74) is 1.40. The van der Waals surface area contributed by atoms with E-state index < -0.39 is 0 Å². The van der Waals surface area contributed by atoms with Crippen LogP contribution in [0.1, 0.15) is 43.7 Å². The smallest absolute Gasteiger partial charge is 0.0635 e. The van der Waals surface area contributed by atoms with Crippen LogP contribution in [-0.4, -0.2) is 48.4 Å². The van der Waals surface area contributed by atoms with E-state index in [2.05, 4.69) is 57.1 Å². The quantitative estimate of drug-likeness (QED) is 0.835. The van der Waals surface area contributed by atoms with Gasteiger partial charge in [-0.3, -0.25) is 4.68 Å². The number of likely N-dealkylation sites (N-methyl/N-ethyl adjacent to an activating group) is 1. The van der Waals surface area contributed by atoms with Crippen LogP contribution in [0.5, 0.6) is 0 Å². The van der Waals surface area contributed by atoms with Gasteiger partial charge in [0.15, 0.2) is 0 Å². The maximum atomic E-state index is 4.57. The molecule has 2 rings (SSSR count). The van der Waals surface area contributed by atoms with Crippen molar-refractivity contribution in [2.45, 2.75) is 50.6 Å². The number of rotatable bonds is 5. The molecule has 1 saturated carbocycles. The molecular formula is C15H27BrN4. The molecule has 1 aromatic rings. The summed E-state index contributed by atoms with van der Waals surface area (Å²) in [6, 6.07) is 0.645. The summed E-state index contributed by atoms with van der Waals surface area (Å²) in [5.74, 6) is 0.619. The molecular weight excluding hydrogens is 316 g/mol. The molecule has 0 radical (unpaired) electrons. The van der Waals surface area contributed by atoms with Crippen molar-refractivity contribution in [3.63, 3.8) is 0 Å². The van der Waals surface area contributed by atoms with Crippen LogP contribution in [0.25, 0.3) is 0 Å². The van der Waals surface area contributed by atoms with E-state index in [1.807, 2.05) is 6.20 Å². The lowest BCUT2D eigenvalue weighted by Gasteiger charge is -2.22. The van der Waals surface area contributed by atoms with Crippen molar-refractivity contribution in [3.8, 4) is 0 Å². The van der Waals surface area contributed by atoms with Crippen molar-refractivity contribution in [2.24, 2.45) is 0 Å². The monoisotopic (exact) mass is 342 g/mol. The van der Waals surface area contributed by atoms with Gasteiger partial charge in [0, 0.05) is 18.5 Å². The Morgan fingerprint density at radius 2 is 2.15 bits per heavy atom. The fourth-order valence-electron chi connectivity index (χ4n) is 3.12. The van der Waals surface area contributed by atoms with Gasteiger partial charge in [0.2, 0.25) is 0 Å². The Bertz CT molecular complexity index is 416. The van der Waals surface area contributed by atoms with E-state index in [-0.39, 0.29) is 0 Å². The zero-order valence-electron chi connectivity index (χ0n) is 12.9. The molecule has 1 aliphatic carbocycles. The minimum Gasteiger partial charge on any atom is -0.317 e. The topological polar surface area (TPSA) is 33.1 Å². The summed E-state index contributed by atoms with van der Waals surface area (Å²) in [4.78, 5) is 2.21. The van der Waals surface area contributed by atoms with Gasteiger partial charge in [-0.15, -0.1) is 0 Å². The fraction of sp³-hybridized carbons (Fsp3) is 0.800. The van der Waals surface area contributed by atoms with Crippen molar-refractivity contribution >= 4 is 15.9 Å². The lowest BCUT2D eigenvalue weighted by Crippen LogP contribution is -2.27. The molecule has 114 valence electrons. The third kappa shape index (κ3) is 4.06. The fourth-order valence-corrected chi connectivity index (χ4v) is 3.74. The molecule has 20 heavy (non-hydrogen) atoms. The van der Waals surface area contributed by atoms with Gasteiger partial charge in [-0.2, -0.15) is 5.10 Å². The van der Waals surface area contributed by atoms with E-state index in [1.165, 1.54) is 42.3 Å². The van der Waals surface area contributed by atoms with Crippen LogP contribution in [-0.2, 0) is 6.54 Å². The number of nitrogens with one attached hydrogen (secondary N) is 1. The third-order valence-corrected chi connectivity index (χ3v) is 4.92. The summed E-state index contributed by atoms with van der Waals surface area (Å²) in [7, 11) is 6.31. The van der Waals surface area contributed by atoms with Crippen LogP contribution in [0.2, 0.25) is 0 Å². The molecule has 0 bridgehead atoms. The number of halogens is 1. The number of aromatic nitrogens is 2. The first-order valence-electron chi connectivity index (χ1n) is 7.65. The molecule has 1 heterocycles. The molecule has 1 fully saturated rings. The second kappa shape index (κ2) is 7.57. The van der Waals surface area contributed by atoms with Crippen molar-refractivity contribution in [1.82, 2.24) is 20.0 Å². The molecule has 1 aliphatic rings. The number of nitrogens with zero attached hydrogens (tertiary/aromatic N) is 3. The predicted molar refractivity (Wildman–Crippen MR) is 87.2 cm³/mol. The highest BCUT2D eigenvalue weighted by Crippen LogP contribution is 2.35. The first-order valence-corrected chi connectivity index (χ1v) is 8.44. The van der Waals surface area contributed by atoms with Gasteiger partial charge in [-0.1, -0.05) is 12.8 Å². The predicted octanol–water partition coefficient (Wildman–Crippen LogP) is 2.84. The van der Waals surface area contributed by atoms with Gasteiger partial charge >= 0.3 is 0 Å². The zero-order chi connectivity index (χ0) is 14.5. The van der Waals surface area contributed by atoms with E-state index in [0.29, 0.717) is 12.0 Å². The average molecular weight is 343 g/mol. The molecule has 4 nitrogen and oxygen atoms in total. The largest absolute Gasteiger partial charge is 0.317 e. The van der Waals surface area contributed by atoms with E-state index in [0.717, 1.165) is 13.1 Å². The maximum absolute atomic E-state index is 4.57. The summed E-state index contributed by atoms with van der Waals surface area (Å²) in [5, 5.41) is 8.04. The lowest BCUT2D eigenvalue weighted by molar-refractivity contribution is 0.361. The molecule has 0 aliphatic heterocycles. The minimum absolute atomic E-state index is 0.619. The minimum atomic E-state index is 0.619. The second-order valence-corrected chi connectivity index (χ2v) is 6.96. The zero-order valence-corrected chi connectivity index (χ0v) is 14.5. The Labute approximate surface area is 131 Å². The molecule has 0 aromatic carbocycles. The van der Waals surface area contributed by atoms with E-state index in [4.69, 9.17) is 0 Å². The summed E-state index contributed by atoms with van der Waals surface area (Å²) in [6.07, 6.45) is 8.44. The SMILES string of the molecule is CNC1CCCCC(c2c(Br)cnn2CCN(C)C)C1. The van der Waals surface area contributed by atoms with E-state index in [1.54, 1.807) is 0 Å². The lowest BCUT2D eigenvalue weighted by atomic mass is 9.94. The first-order chi connectivity index (χ1) is 9.61. The van der Waals surface area contributed by atoms with Crippen LogP contribution < -0.4 is 5.32 Å². The number of hydrogen-bond acceptors (Lipinski definition) is 3. The van der Waals surface area contributed by atoms with Crippen molar-refractivity contribution < 1.29 is 0 Å². The molecule has 2 atom stereocenters. The number of hydrogen-bond donors (Lipinski definition) is 1. The highest BCUT2D eigenvalue weighted by atomic mass is 79.9. The normalized spacial score (nSPS) is 24.1. The van der Waals surface area contributed by atoms with Gasteiger partial charge in [-0.25, -0.2) is 0 Å². The van der Waals surface area contributed by atoms with Crippen molar-refractivity contribution in [2.75, 3.05) is 27.7 Å². The molecule has 0 saturated heterocycles. The Hall–Kier alpha value is -0.390. The highest BCUT2D eigenvalue weighted by Gasteiger charge is 2.25. The van der Waals surface area contributed by atoms with Crippen molar-refractivity contribution in [1.29, 1.82) is 0 Å². The second-order valence-electron chi connectivity index (χ2n) is 6.11. The first kappa shape index (κ1) is 16.0. The Balaban J connectivity index is 2.14. The van der Waals surface area contributed by atoms with E-state index in [9.17, 15) is 0 Å². The molecule has 1 N–H and O–H groups in total. The van der Waals surface area contributed by atoms with Gasteiger partial charge in [0.25, 0.3) is 0 Å². The Kier molecular flexibility index (Phi) is 6.05. The van der Waals surface area contributed by atoms with Gasteiger partial charge in [0.05, 0.1) is 22.9 Å². The third-order valence-electron chi connectivity index (χ3n) is 4.31. The molecule has 1 aromatic heterocycles. The summed E-state index contributed by atoms with van der Waals surface area (Å²) < 4.78 is 3.38.